The van der Waals surface area contributed by atoms with E-state index >= 15 is 0 Å². The van der Waals surface area contributed by atoms with Crippen LogP contribution in [0.2, 0.25) is 10.0 Å². The molecule has 2 aliphatic rings. The third kappa shape index (κ3) is 4.71. The smallest absolute Gasteiger partial charge is 0.335 e. The van der Waals surface area contributed by atoms with Crippen molar-refractivity contribution in [1.82, 2.24) is 5.32 Å². The molecule has 1 aromatic carbocycles. The maximum atomic E-state index is 9.90. The summed E-state index contributed by atoms with van der Waals surface area (Å²) < 4.78 is 0. The number of carboxylic acid groups (broad SMARTS) is 2. The molecular formula is C17H21Cl2NO7. The molecule has 1 heterocycles. The largest absolute Gasteiger partial charge is 0.479 e. The standard InChI is InChI=1S/C13H15Cl2NO.C4H6O6/c14-11-2-1-8(4-12(11)15)13-5-10(17)3-9(13)6-16-7-13;5-1(3(7)8)2(6)4(9)10/h1-2,4,9-10,16-17H,3,5-7H2;1-2,5-6H,(H,7,8)(H,9,10)/t9-,10-,13+;1-,2-/m01/s1. The van der Waals surface area contributed by atoms with E-state index in [-0.39, 0.29) is 11.5 Å². The molecule has 0 unspecified atom stereocenters. The lowest BCUT2D eigenvalue weighted by atomic mass is 9.74. The molecule has 0 aromatic heterocycles. The summed E-state index contributed by atoms with van der Waals surface area (Å²) in [5.74, 6) is -3.03. The number of carbonyl (C=O) groups is 2. The van der Waals surface area contributed by atoms with Gasteiger partial charge < -0.3 is 30.8 Å². The number of benzene rings is 1. The van der Waals surface area contributed by atoms with Crippen molar-refractivity contribution in [3.8, 4) is 0 Å². The summed E-state index contributed by atoms with van der Waals surface area (Å²) in [6.07, 6.45) is -3.01. The molecule has 0 radical (unpaired) electrons. The number of nitrogens with one attached hydrogen (secondary N) is 1. The highest BCUT2D eigenvalue weighted by atomic mass is 35.5. The molecule has 5 atom stereocenters. The first-order valence-corrected chi connectivity index (χ1v) is 9.00. The van der Waals surface area contributed by atoms with Gasteiger partial charge in [0.2, 0.25) is 0 Å². The van der Waals surface area contributed by atoms with Gasteiger partial charge in [0, 0.05) is 12.0 Å². The van der Waals surface area contributed by atoms with Gasteiger partial charge in [-0.15, -0.1) is 0 Å². The van der Waals surface area contributed by atoms with E-state index in [9.17, 15) is 14.7 Å². The Balaban J connectivity index is 0.000000227. The molecule has 0 spiro atoms. The van der Waals surface area contributed by atoms with Gasteiger partial charge >= 0.3 is 11.9 Å². The fourth-order valence-electron chi connectivity index (χ4n) is 3.72. The summed E-state index contributed by atoms with van der Waals surface area (Å²) in [5.41, 5.74) is 1.26. The Labute approximate surface area is 165 Å². The maximum Gasteiger partial charge on any atom is 0.335 e. The Morgan fingerprint density at radius 1 is 1.11 bits per heavy atom. The van der Waals surface area contributed by atoms with Gasteiger partial charge in [0.15, 0.2) is 12.2 Å². The number of aliphatic hydroxyl groups excluding tert-OH is 3. The van der Waals surface area contributed by atoms with E-state index in [0.717, 1.165) is 25.9 Å². The van der Waals surface area contributed by atoms with Crippen molar-refractivity contribution in [2.24, 2.45) is 5.92 Å². The minimum absolute atomic E-state index is 0.0493. The van der Waals surface area contributed by atoms with Crippen molar-refractivity contribution >= 4 is 35.1 Å². The van der Waals surface area contributed by atoms with Crippen LogP contribution in [0, 0.1) is 5.92 Å². The first kappa shape index (κ1) is 21.9. The number of hydrogen-bond donors (Lipinski definition) is 6. The molecule has 0 bridgehead atoms. The minimum atomic E-state index is -2.27. The Morgan fingerprint density at radius 2 is 1.70 bits per heavy atom. The van der Waals surface area contributed by atoms with Crippen molar-refractivity contribution < 1.29 is 35.1 Å². The quantitative estimate of drug-likeness (QED) is 0.411. The zero-order chi connectivity index (χ0) is 20.4. The molecule has 10 heteroatoms. The van der Waals surface area contributed by atoms with E-state index in [4.69, 9.17) is 43.6 Å². The van der Waals surface area contributed by atoms with Gasteiger partial charge in [0.1, 0.15) is 0 Å². The highest BCUT2D eigenvalue weighted by Crippen LogP contribution is 2.48. The van der Waals surface area contributed by atoms with E-state index < -0.39 is 24.1 Å². The molecule has 1 saturated carbocycles. The van der Waals surface area contributed by atoms with Crippen LogP contribution in [0.3, 0.4) is 0 Å². The molecule has 2 fully saturated rings. The maximum absolute atomic E-state index is 9.90. The zero-order valence-electron chi connectivity index (χ0n) is 14.2. The van der Waals surface area contributed by atoms with Crippen molar-refractivity contribution in [3.63, 3.8) is 0 Å². The predicted molar refractivity (Wildman–Crippen MR) is 97.0 cm³/mol. The molecule has 1 aromatic rings. The predicted octanol–water partition coefficient (Wildman–Crippen LogP) is 0.483. The third-order valence-corrected chi connectivity index (χ3v) is 5.81. The number of fused-ring (bicyclic) bond motifs is 1. The molecule has 1 aliphatic heterocycles. The van der Waals surface area contributed by atoms with Crippen LogP contribution in [-0.4, -0.2) is 68.9 Å². The number of rotatable bonds is 4. The Hall–Kier alpha value is -1.42. The van der Waals surface area contributed by atoms with Crippen LogP contribution < -0.4 is 5.32 Å². The topological polar surface area (TPSA) is 147 Å². The molecule has 27 heavy (non-hydrogen) atoms. The molecule has 1 aliphatic carbocycles. The van der Waals surface area contributed by atoms with E-state index in [1.54, 1.807) is 0 Å². The SMILES string of the molecule is O=C(O)[C@H](O)[C@@H](O)C(=O)O.O[C@H]1C[C@H]2CNC[C@@]2(c2ccc(Cl)c(Cl)c2)C1. The normalized spacial score (nSPS) is 28.6. The number of aliphatic hydroxyl groups is 3. The van der Waals surface area contributed by atoms with Crippen LogP contribution in [0.15, 0.2) is 18.2 Å². The van der Waals surface area contributed by atoms with Crippen LogP contribution in [-0.2, 0) is 15.0 Å². The molecule has 0 amide bonds. The Morgan fingerprint density at radius 3 is 2.22 bits per heavy atom. The molecular weight excluding hydrogens is 401 g/mol. The summed E-state index contributed by atoms with van der Waals surface area (Å²) in [6.45, 7) is 1.91. The first-order chi connectivity index (χ1) is 12.6. The van der Waals surface area contributed by atoms with Crippen molar-refractivity contribution in [2.75, 3.05) is 13.1 Å². The summed E-state index contributed by atoms with van der Waals surface area (Å²) in [7, 11) is 0. The molecule has 150 valence electrons. The summed E-state index contributed by atoms with van der Waals surface area (Å²) in [4.78, 5) is 19.5. The van der Waals surface area contributed by atoms with Crippen molar-refractivity contribution in [3.05, 3.63) is 33.8 Å². The third-order valence-electron chi connectivity index (χ3n) is 5.07. The number of hydrogen-bond acceptors (Lipinski definition) is 6. The summed E-state index contributed by atoms with van der Waals surface area (Å²) in [6, 6.07) is 5.86. The molecule has 3 rings (SSSR count). The van der Waals surface area contributed by atoms with E-state index in [1.165, 1.54) is 5.56 Å². The summed E-state index contributed by atoms with van der Waals surface area (Å²) in [5, 5.41) is 47.0. The minimum Gasteiger partial charge on any atom is -0.479 e. The second-order valence-electron chi connectivity index (χ2n) is 6.77. The van der Waals surface area contributed by atoms with Crippen LogP contribution in [0.25, 0.3) is 0 Å². The van der Waals surface area contributed by atoms with Crippen LogP contribution in [0.5, 0.6) is 0 Å². The second kappa shape index (κ2) is 8.72. The van der Waals surface area contributed by atoms with Gasteiger partial charge in [-0.3, -0.25) is 0 Å². The van der Waals surface area contributed by atoms with Gasteiger partial charge in [-0.05, 0) is 43.0 Å². The highest BCUT2D eigenvalue weighted by molar-refractivity contribution is 6.42. The highest BCUT2D eigenvalue weighted by Gasteiger charge is 2.50. The lowest BCUT2D eigenvalue weighted by Crippen LogP contribution is -2.39. The zero-order valence-corrected chi connectivity index (χ0v) is 15.7. The average Bonchev–Trinajstić information content (AvgIpc) is 3.13. The lowest BCUT2D eigenvalue weighted by Gasteiger charge is -2.29. The average molecular weight is 422 g/mol. The van der Waals surface area contributed by atoms with Gasteiger partial charge in [0.05, 0.1) is 16.1 Å². The first-order valence-electron chi connectivity index (χ1n) is 8.24. The number of carboxylic acids is 2. The van der Waals surface area contributed by atoms with Crippen LogP contribution in [0.1, 0.15) is 18.4 Å². The fourth-order valence-corrected chi connectivity index (χ4v) is 4.02. The molecule has 1 saturated heterocycles. The van der Waals surface area contributed by atoms with Gasteiger partial charge in [-0.2, -0.15) is 0 Å². The number of aliphatic carboxylic acids is 2. The van der Waals surface area contributed by atoms with Crippen LogP contribution in [0.4, 0.5) is 0 Å². The van der Waals surface area contributed by atoms with E-state index in [0.29, 0.717) is 16.0 Å². The van der Waals surface area contributed by atoms with Gasteiger partial charge in [0.25, 0.3) is 0 Å². The number of halogens is 2. The van der Waals surface area contributed by atoms with Gasteiger partial charge in [-0.25, -0.2) is 9.59 Å². The van der Waals surface area contributed by atoms with Crippen molar-refractivity contribution in [2.45, 2.75) is 36.6 Å². The van der Waals surface area contributed by atoms with E-state index in [1.807, 2.05) is 18.2 Å². The molecule has 8 nitrogen and oxygen atoms in total. The second-order valence-corrected chi connectivity index (χ2v) is 7.59. The molecule has 6 N–H and O–H groups in total. The van der Waals surface area contributed by atoms with E-state index in [2.05, 4.69) is 5.32 Å². The Bertz CT molecular complexity index is 699. The lowest BCUT2D eigenvalue weighted by molar-refractivity contribution is -0.165. The van der Waals surface area contributed by atoms with Crippen molar-refractivity contribution in [1.29, 1.82) is 0 Å². The monoisotopic (exact) mass is 421 g/mol. The summed E-state index contributed by atoms with van der Waals surface area (Å²) >= 11 is 12.1. The Kier molecular flexibility index (Phi) is 7.07. The fraction of sp³-hybridized carbons (Fsp3) is 0.529. The van der Waals surface area contributed by atoms with Gasteiger partial charge in [-0.1, -0.05) is 29.3 Å². The van der Waals surface area contributed by atoms with Crippen LogP contribution >= 0.6 is 23.2 Å².